The normalized spacial score (nSPS) is 13.8. The van der Waals surface area contributed by atoms with Crippen molar-refractivity contribution in [1.29, 1.82) is 0 Å². The van der Waals surface area contributed by atoms with Gasteiger partial charge in [-0.05, 0) is 25.0 Å². The van der Waals surface area contributed by atoms with Gasteiger partial charge in [0.15, 0.2) is 5.96 Å². The molecule has 0 fully saturated rings. The molecule has 3 aromatic rings. The fourth-order valence-corrected chi connectivity index (χ4v) is 2.86. The summed E-state index contributed by atoms with van der Waals surface area (Å²) < 4.78 is 0. The number of aromatic nitrogens is 2. The monoisotopic (exact) mass is 377 g/mol. The zero-order valence-corrected chi connectivity index (χ0v) is 16.3. The number of hydrogen-bond donors (Lipinski definition) is 4. The number of aromatic amines is 1. The van der Waals surface area contributed by atoms with Crippen molar-refractivity contribution in [3.63, 3.8) is 0 Å². The van der Waals surface area contributed by atoms with Crippen LogP contribution < -0.4 is 10.6 Å². The summed E-state index contributed by atoms with van der Waals surface area (Å²) in [6.45, 7) is 5.28. The second-order valence-corrected chi connectivity index (χ2v) is 6.80. The minimum absolute atomic E-state index is 0.344. The first-order valence-electron chi connectivity index (χ1n) is 9.48. The van der Waals surface area contributed by atoms with E-state index < -0.39 is 5.60 Å². The van der Waals surface area contributed by atoms with Gasteiger partial charge in [-0.1, -0.05) is 60.7 Å². The van der Waals surface area contributed by atoms with Crippen LogP contribution in [0.4, 0.5) is 0 Å². The number of guanidine groups is 1. The molecule has 1 atom stereocenters. The first-order chi connectivity index (χ1) is 13.6. The van der Waals surface area contributed by atoms with E-state index >= 15 is 0 Å². The highest BCUT2D eigenvalue weighted by Crippen LogP contribution is 2.19. The Labute approximate surface area is 165 Å². The van der Waals surface area contributed by atoms with Crippen LogP contribution in [0.5, 0.6) is 0 Å². The van der Waals surface area contributed by atoms with Gasteiger partial charge in [-0.2, -0.15) is 0 Å². The lowest BCUT2D eigenvalue weighted by Crippen LogP contribution is -2.44. The number of nitrogens with zero attached hydrogens (tertiary/aromatic N) is 2. The molecule has 1 unspecified atom stereocenters. The third-order valence-electron chi connectivity index (χ3n) is 4.44. The molecule has 4 N–H and O–H groups in total. The Hall–Kier alpha value is -3.12. The molecule has 0 radical (unpaired) electrons. The molecule has 0 aliphatic heterocycles. The summed E-state index contributed by atoms with van der Waals surface area (Å²) >= 11 is 0. The summed E-state index contributed by atoms with van der Waals surface area (Å²) in [6.07, 6.45) is 1.82. The minimum atomic E-state index is -0.997. The maximum atomic E-state index is 10.8. The molecule has 0 spiro atoms. The van der Waals surface area contributed by atoms with Gasteiger partial charge in [0, 0.05) is 6.54 Å². The minimum Gasteiger partial charge on any atom is -0.384 e. The molecule has 0 saturated carbocycles. The Balaban J connectivity index is 1.64. The summed E-state index contributed by atoms with van der Waals surface area (Å²) in [5, 5.41) is 17.2. The highest BCUT2D eigenvalue weighted by Gasteiger charge is 2.22. The molecule has 6 heteroatoms. The quantitative estimate of drug-likeness (QED) is 0.377. The molecule has 146 valence electrons. The molecule has 0 saturated heterocycles. The number of aliphatic hydroxyl groups is 1. The van der Waals surface area contributed by atoms with Crippen LogP contribution >= 0.6 is 0 Å². The topological polar surface area (TPSA) is 85.3 Å². The van der Waals surface area contributed by atoms with E-state index in [0.717, 1.165) is 29.2 Å². The Kier molecular flexibility index (Phi) is 6.45. The van der Waals surface area contributed by atoms with E-state index in [4.69, 9.17) is 0 Å². The molecule has 1 aromatic heterocycles. The van der Waals surface area contributed by atoms with E-state index in [-0.39, 0.29) is 0 Å². The van der Waals surface area contributed by atoms with Crippen molar-refractivity contribution in [3.8, 4) is 11.3 Å². The first kappa shape index (κ1) is 19.6. The van der Waals surface area contributed by atoms with Crippen molar-refractivity contribution in [2.24, 2.45) is 4.99 Å². The number of nitrogens with one attached hydrogen (secondary N) is 3. The highest BCUT2D eigenvalue weighted by molar-refractivity contribution is 5.79. The summed E-state index contributed by atoms with van der Waals surface area (Å²) in [7, 11) is 0. The van der Waals surface area contributed by atoms with Crippen LogP contribution in [0.25, 0.3) is 11.3 Å². The second-order valence-electron chi connectivity index (χ2n) is 6.80. The van der Waals surface area contributed by atoms with Gasteiger partial charge in [-0.3, -0.25) is 0 Å². The molecular weight excluding hydrogens is 350 g/mol. The van der Waals surface area contributed by atoms with E-state index in [9.17, 15) is 5.11 Å². The number of H-pyrrole nitrogens is 1. The Morgan fingerprint density at radius 1 is 1.07 bits per heavy atom. The number of imidazole rings is 1. The first-order valence-corrected chi connectivity index (χ1v) is 9.48. The maximum absolute atomic E-state index is 10.8. The standard InChI is InChI=1S/C22H27N5O/c1-3-23-21(26-16-22(2,28)18-12-8-5-9-13-18)25-15-20-24-14-19(27-20)17-10-6-4-7-11-17/h4-14,28H,3,15-16H2,1-2H3,(H,24,27)(H2,23,25,26). The molecule has 6 nitrogen and oxygen atoms in total. The third kappa shape index (κ3) is 5.20. The van der Waals surface area contributed by atoms with E-state index in [1.165, 1.54) is 0 Å². The fraction of sp³-hybridized carbons (Fsp3) is 0.273. The van der Waals surface area contributed by atoms with Crippen LogP contribution in [0.15, 0.2) is 71.9 Å². The van der Waals surface area contributed by atoms with Crippen molar-refractivity contribution in [2.75, 3.05) is 13.1 Å². The number of rotatable bonds is 7. The van der Waals surface area contributed by atoms with Gasteiger partial charge in [0.05, 0.1) is 18.4 Å². The molecule has 0 aliphatic rings. The zero-order valence-electron chi connectivity index (χ0n) is 16.3. The van der Waals surface area contributed by atoms with Crippen LogP contribution in [0.3, 0.4) is 0 Å². The lowest BCUT2D eigenvalue weighted by atomic mass is 9.96. The predicted octanol–water partition coefficient (Wildman–Crippen LogP) is 3.04. The molecular formula is C22H27N5O. The van der Waals surface area contributed by atoms with Crippen LogP contribution in [0.2, 0.25) is 0 Å². The van der Waals surface area contributed by atoms with Crippen molar-refractivity contribution in [2.45, 2.75) is 26.0 Å². The van der Waals surface area contributed by atoms with E-state index in [1.54, 1.807) is 6.92 Å². The predicted molar refractivity (Wildman–Crippen MR) is 113 cm³/mol. The fourth-order valence-electron chi connectivity index (χ4n) is 2.86. The molecule has 2 aromatic carbocycles. The molecule has 0 aliphatic carbocycles. The molecule has 0 bridgehead atoms. The van der Waals surface area contributed by atoms with E-state index in [2.05, 4.69) is 25.6 Å². The van der Waals surface area contributed by atoms with Crippen LogP contribution in [-0.4, -0.2) is 34.1 Å². The van der Waals surface area contributed by atoms with E-state index in [1.807, 2.05) is 73.8 Å². The molecule has 28 heavy (non-hydrogen) atoms. The van der Waals surface area contributed by atoms with E-state index in [0.29, 0.717) is 19.0 Å². The average molecular weight is 377 g/mol. The summed E-state index contributed by atoms with van der Waals surface area (Å²) in [4.78, 5) is 12.3. The van der Waals surface area contributed by atoms with Gasteiger partial charge >= 0.3 is 0 Å². The third-order valence-corrected chi connectivity index (χ3v) is 4.44. The van der Waals surface area contributed by atoms with Gasteiger partial charge in [0.2, 0.25) is 0 Å². The van der Waals surface area contributed by atoms with Crippen LogP contribution in [-0.2, 0) is 12.1 Å². The molecule has 0 amide bonds. The van der Waals surface area contributed by atoms with Crippen molar-refractivity contribution < 1.29 is 5.11 Å². The van der Waals surface area contributed by atoms with Gasteiger partial charge in [0.25, 0.3) is 0 Å². The smallest absolute Gasteiger partial charge is 0.191 e. The number of aliphatic imine (C=N–C) groups is 1. The van der Waals surface area contributed by atoms with Crippen molar-refractivity contribution in [3.05, 3.63) is 78.2 Å². The summed E-state index contributed by atoms with van der Waals surface area (Å²) in [5.74, 6) is 1.42. The number of benzene rings is 2. The Morgan fingerprint density at radius 3 is 2.43 bits per heavy atom. The summed E-state index contributed by atoms with van der Waals surface area (Å²) in [6, 6.07) is 19.7. The Bertz CT molecular complexity index is 888. The van der Waals surface area contributed by atoms with Gasteiger partial charge < -0.3 is 20.7 Å². The molecule has 3 rings (SSSR count). The van der Waals surface area contributed by atoms with Crippen LogP contribution in [0.1, 0.15) is 25.2 Å². The second kappa shape index (κ2) is 9.19. The lowest BCUT2D eigenvalue weighted by Gasteiger charge is -2.25. The molecule has 1 heterocycles. The lowest BCUT2D eigenvalue weighted by molar-refractivity contribution is 0.0617. The van der Waals surface area contributed by atoms with Crippen molar-refractivity contribution >= 4 is 5.96 Å². The average Bonchev–Trinajstić information content (AvgIpc) is 3.20. The van der Waals surface area contributed by atoms with Gasteiger partial charge in [-0.15, -0.1) is 0 Å². The van der Waals surface area contributed by atoms with Gasteiger partial charge in [-0.25, -0.2) is 9.98 Å². The zero-order chi connectivity index (χ0) is 19.8. The van der Waals surface area contributed by atoms with Gasteiger partial charge in [0.1, 0.15) is 18.0 Å². The van der Waals surface area contributed by atoms with Crippen LogP contribution in [0, 0.1) is 0 Å². The summed E-state index contributed by atoms with van der Waals surface area (Å²) in [5.41, 5.74) is 1.92. The number of hydrogen-bond acceptors (Lipinski definition) is 3. The highest BCUT2D eigenvalue weighted by atomic mass is 16.3. The van der Waals surface area contributed by atoms with Crippen molar-refractivity contribution in [1.82, 2.24) is 20.6 Å². The maximum Gasteiger partial charge on any atom is 0.191 e. The Morgan fingerprint density at radius 2 is 1.75 bits per heavy atom. The SMILES string of the molecule is CCNC(=NCc1ncc(-c2ccccc2)[nH]1)NCC(C)(O)c1ccccc1. The largest absolute Gasteiger partial charge is 0.384 e.